The van der Waals surface area contributed by atoms with Gasteiger partial charge in [-0.3, -0.25) is 0 Å². The first-order valence-electron chi connectivity index (χ1n) is 8.44. The molecule has 1 saturated carbocycles. The summed E-state index contributed by atoms with van der Waals surface area (Å²) in [5.74, 6) is -0.632. The van der Waals surface area contributed by atoms with E-state index in [1.165, 1.54) is 18.3 Å². The number of aliphatic hydroxyl groups excluding tert-OH is 1. The van der Waals surface area contributed by atoms with Gasteiger partial charge in [-0.15, -0.1) is 0 Å². The zero-order valence-electron chi connectivity index (χ0n) is 14.0. The standard InChI is InChI=1S/C18H19F2N5O/c19-13-2-1-11(16(20)7-13)9-22-18-23-10-12(8-21)17(25-18)24-14-3-5-15(26)6-4-14/h1-2,7,10,14-15,26H,3-6,9H2,(H2,22,23,24,25)/t14-,15+. The lowest BCUT2D eigenvalue weighted by molar-refractivity contribution is 0.126. The molecule has 0 amide bonds. The Morgan fingerprint density at radius 2 is 2.00 bits per heavy atom. The van der Waals surface area contributed by atoms with Crippen LogP contribution in [0, 0.1) is 23.0 Å². The fraction of sp³-hybridized carbons (Fsp3) is 0.389. The molecule has 1 aromatic heterocycles. The highest BCUT2D eigenvalue weighted by Crippen LogP contribution is 2.23. The molecular weight excluding hydrogens is 340 g/mol. The molecule has 26 heavy (non-hydrogen) atoms. The van der Waals surface area contributed by atoms with Crippen molar-refractivity contribution in [3.8, 4) is 6.07 Å². The summed E-state index contributed by atoms with van der Waals surface area (Å²) < 4.78 is 26.6. The van der Waals surface area contributed by atoms with Gasteiger partial charge in [0, 0.05) is 24.2 Å². The van der Waals surface area contributed by atoms with Crippen molar-refractivity contribution in [1.82, 2.24) is 9.97 Å². The fourth-order valence-corrected chi connectivity index (χ4v) is 2.91. The molecule has 0 saturated heterocycles. The second kappa shape index (κ2) is 8.06. The Hall–Kier alpha value is -2.79. The van der Waals surface area contributed by atoms with Crippen molar-refractivity contribution < 1.29 is 13.9 Å². The molecule has 2 aromatic rings. The van der Waals surface area contributed by atoms with Gasteiger partial charge in [-0.25, -0.2) is 13.8 Å². The van der Waals surface area contributed by atoms with Crippen LogP contribution in [0.4, 0.5) is 20.5 Å². The van der Waals surface area contributed by atoms with Gasteiger partial charge in [-0.05, 0) is 31.7 Å². The molecule has 1 heterocycles. The van der Waals surface area contributed by atoms with Gasteiger partial charge >= 0.3 is 0 Å². The number of aliphatic hydroxyl groups is 1. The highest BCUT2D eigenvalue weighted by molar-refractivity contribution is 5.54. The number of anilines is 2. The maximum Gasteiger partial charge on any atom is 0.224 e. The predicted octanol–water partition coefficient (Wildman–Crippen LogP) is 2.95. The lowest BCUT2D eigenvalue weighted by Crippen LogP contribution is -2.29. The summed E-state index contributed by atoms with van der Waals surface area (Å²) in [4.78, 5) is 8.36. The van der Waals surface area contributed by atoms with E-state index in [9.17, 15) is 19.1 Å². The van der Waals surface area contributed by atoms with Gasteiger partial charge in [0.05, 0.1) is 12.3 Å². The number of nitrogens with zero attached hydrogens (tertiary/aromatic N) is 3. The molecule has 6 nitrogen and oxygen atoms in total. The molecule has 0 atom stereocenters. The molecule has 1 fully saturated rings. The van der Waals surface area contributed by atoms with E-state index in [1.54, 1.807) is 0 Å². The summed E-state index contributed by atoms with van der Waals surface area (Å²) in [6.45, 7) is 0.0904. The molecule has 1 aliphatic rings. The van der Waals surface area contributed by atoms with E-state index in [-0.39, 0.29) is 30.2 Å². The quantitative estimate of drug-likeness (QED) is 0.760. The minimum absolute atomic E-state index is 0.0904. The lowest BCUT2D eigenvalue weighted by atomic mass is 9.93. The number of benzene rings is 1. The molecule has 0 unspecified atom stereocenters. The van der Waals surface area contributed by atoms with Crippen molar-refractivity contribution in [1.29, 1.82) is 5.26 Å². The number of hydrogen-bond acceptors (Lipinski definition) is 6. The van der Waals surface area contributed by atoms with Crippen molar-refractivity contribution in [2.45, 2.75) is 44.4 Å². The lowest BCUT2D eigenvalue weighted by Gasteiger charge is -2.26. The Bertz CT molecular complexity index is 816. The molecule has 0 bridgehead atoms. The van der Waals surface area contributed by atoms with E-state index in [0.29, 0.717) is 24.2 Å². The predicted molar refractivity (Wildman–Crippen MR) is 92.3 cm³/mol. The van der Waals surface area contributed by atoms with Crippen LogP contribution in [-0.4, -0.2) is 27.2 Å². The van der Waals surface area contributed by atoms with Gasteiger partial charge in [-0.2, -0.15) is 10.2 Å². The van der Waals surface area contributed by atoms with E-state index >= 15 is 0 Å². The second-order valence-corrected chi connectivity index (χ2v) is 6.31. The minimum Gasteiger partial charge on any atom is -0.393 e. The smallest absolute Gasteiger partial charge is 0.224 e. The molecule has 1 aromatic carbocycles. The maximum atomic E-state index is 13.7. The molecule has 3 N–H and O–H groups in total. The van der Waals surface area contributed by atoms with E-state index in [1.807, 2.05) is 6.07 Å². The average molecular weight is 359 g/mol. The van der Waals surface area contributed by atoms with E-state index in [0.717, 1.165) is 18.9 Å². The molecule has 0 radical (unpaired) electrons. The number of rotatable bonds is 5. The molecular formula is C18H19F2N5O. The van der Waals surface area contributed by atoms with Crippen LogP contribution >= 0.6 is 0 Å². The Morgan fingerprint density at radius 1 is 1.23 bits per heavy atom. The minimum atomic E-state index is -0.648. The van der Waals surface area contributed by atoms with Crippen molar-refractivity contribution in [2.75, 3.05) is 10.6 Å². The van der Waals surface area contributed by atoms with Crippen LogP contribution in [-0.2, 0) is 6.54 Å². The average Bonchev–Trinajstić information content (AvgIpc) is 2.63. The number of aromatic nitrogens is 2. The Morgan fingerprint density at radius 3 is 2.69 bits per heavy atom. The molecule has 1 aliphatic carbocycles. The largest absolute Gasteiger partial charge is 0.393 e. The van der Waals surface area contributed by atoms with Crippen molar-refractivity contribution in [3.05, 3.63) is 47.2 Å². The first-order chi connectivity index (χ1) is 12.5. The zero-order valence-corrected chi connectivity index (χ0v) is 14.0. The van der Waals surface area contributed by atoms with Crippen LogP contribution in [0.15, 0.2) is 24.4 Å². The Labute approximate surface area is 149 Å². The topological polar surface area (TPSA) is 93.9 Å². The van der Waals surface area contributed by atoms with Crippen molar-refractivity contribution in [3.63, 3.8) is 0 Å². The monoisotopic (exact) mass is 359 g/mol. The van der Waals surface area contributed by atoms with Crippen LogP contribution in [0.25, 0.3) is 0 Å². The molecule has 8 heteroatoms. The van der Waals surface area contributed by atoms with Gasteiger partial charge < -0.3 is 15.7 Å². The molecule has 136 valence electrons. The maximum absolute atomic E-state index is 13.7. The van der Waals surface area contributed by atoms with Gasteiger partial charge in [0.15, 0.2) is 0 Å². The van der Waals surface area contributed by atoms with E-state index < -0.39 is 11.6 Å². The van der Waals surface area contributed by atoms with Gasteiger partial charge in [0.25, 0.3) is 0 Å². The van der Waals surface area contributed by atoms with Gasteiger partial charge in [0.1, 0.15) is 29.1 Å². The van der Waals surface area contributed by atoms with Crippen molar-refractivity contribution >= 4 is 11.8 Å². The first kappa shape index (κ1) is 18.0. The summed E-state index contributed by atoms with van der Waals surface area (Å²) in [6.07, 6.45) is 4.13. The highest BCUT2D eigenvalue weighted by atomic mass is 19.1. The SMILES string of the molecule is N#Cc1cnc(NCc2ccc(F)cc2F)nc1N[C@H]1CC[C@@H](O)CC1. The highest BCUT2D eigenvalue weighted by Gasteiger charge is 2.20. The fourth-order valence-electron chi connectivity index (χ4n) is 2.91. The van der Waals surface area contributed by atoms with Crippen molar-refractivity contribution in [2.24, 2.45) is 0 Å². The van der Waals surface area contributed by atoms with Gasteiger partial charge in [0.2, 0.25) is 5.95 Å². The van der Waals surface area contributed by atoms with Crippen LogP contribution in [0.3, 0.4) is 0 Å². The summed E-state index contributed by atoms with van der Waals surface area (Å²) >= 11 is 0. The number of nitrogens with one attached hydrogen (secondary N) is 2. The first-order valence-corrected chi connectivity index (χ1v) is 8.44. The van der Waals surface area contributed by atoms with Crippen LogP contribution in [0.2, 0.25) is 0 Å². The van der Waals surface area contributed by atoms with E-state index in [4.69, 9.17) is 0 Å². The summed E-state index contributed by atoms with van der Waals surface area (Å²) in [7, 11) is 0. The second-order valence-electron chi connectivity index (χ2n) is 6.31. The summed E-state index contributed by atoms with van der Waals surface area (Å²) in [5.41, 5.74) is 0.602. The van der Waals surface area contributed by atoms with Crippen LogP contribution < -0.4 is 10.6 Å². The molecule has 3 rings (SSSR count). The van der Waals surface area contributed by atoms with E-state index in [2.05, 4.69) is 20.6 Å². The Balaban J connectivity index is 1.69. The normalized spacial score (nSPS) is 19.6. The van der Waals surface area contributed by atoms with Gasteiger partial charge in [-0.1, -0.05) is 6.07 Å². The molecule has 0 aliphatic heterocycles. The van der Waals surface area contributed by atoms with Crippen LogP contribution in [0.1, 0.15) is 36.8 Å². The summed E-state index contributed by atoms with van der Waals surface area (Å²) in [5, 5.41) is 24.9. The third kappa shape index (κ3) is 4.43. The number of halogens is 2. The summed E-state index contributed by atoms with van der Waals surface area (Å²) in [6, 6.07) is 5.53. The third-order valence-electron chi connectivity index (χ3n) is 4.40. The number of hydrogen-bond donors (Lipinski definition) is 3. The zero-order chi connectivity index (χ0) is 18.5. The Kier molecular flexibility index (Phi) is 5.58. The third-order valence-corrected chi connectivity index (χ3v) is 4.40. The van der Waals surface area contributed by atoms with Crippen LogP contribution in [0.5, 0.6) is 0 Å². The molecule has 0 spiro atoms. The number of nitriles is 1.